The van der Waals surface area contributed by atoms with E-state index in [1.807, 2.05) is 91.0 Å². The van der Waals surface area contributed by atoms with Crippen molar-refractivity contribution < 1.29 is 37.2 Å². The molecule has 392 valence electrons. The Labute approximate surface area is 434 Å². The van der Waals surface area contributed by atoms with E-state index >= 15 is 0 Å². The van der Waals surface area contributed by atoms with Gasteiger partial charge in [-0.1, -0.05) is 96.1 Å². The smallest absolute Gasteiger partial charge is 0.333 e. The summed E-state index contributed by atoms with van der Waals surface area (Å²) in [6, 6.07) is 34.6. The Balaban J connectivity index is 1.40. The van der Waals surface area contributed by atoms with Crippen LogP contribution in [0.1, 0.15) is 121 Å². The number of aromatic nitrogens is 2. The molecule has 0 amide bonds. The van der Waals surface area contributed by atoms with Gasteiger partial charge in [-0.2, -0.15) is 5.26 Å². The summed E-state index contributed by atoms with van der Waals surface area (Å²) in [5.41, 5.74) is 1.65. The van der Waals surface area contributed by atoms with Crippen LogP contribution in [0, 0.1) is 18.3 Å². The molecule has 6 rings (SSSR count). The van der Waals surface area contributed by atoms with Crippen LogP contribution < -0.4 is 25.1 Å². The summed E-state index contributed by atoms with van der Waals surface area (Å²) in [5.74, 6) is 1.64. The summed E-state index contributed by atoms with van der Waals surface area (Å²) in [6.45, 7) is 22.8. The van der Waals surface area contributed by atoms with E-state index in [1.54, 1.807) is 33.3 Å². The van der Waals surface area contributed by atoms with Crippen LogP contribution in [0.15, 0.2) is 119 Å². The Bertz CT molecular complexity index is 2660. The van der Waals surface area contributed by atoms with Crippen molar-refractivity contribution in [3.63, 3.8) is 0 Å². The van der Waals surface area contributed by atoms with Crippen molar-refractivity contribution >= 4 is 22.6 Å². The first kappa shape index (κ1) is 56.9. The number of nitrogens with zero attached hydrogens (tertiary/aromatic N) is 4. The van der Waals surface area contributed by atoms with Crippen molar-refractivity contribution in [1.29, 1.82) is 5.26 Å². The molecule has 5 aromatic rings. The highest BCUT2D eigenvalue weighted by Crippen LogP contribution is 2.51. The van der Waals surface area contributed by atoms with Crippen molar-refractivity contribution in [3.8, 4) is 23.3 Å². The molecule has 1 fully saturated rings. The van der Waals surface area contributed by atoms with Crippen LogP contribution in [0.2, 0.25) is 16.6 Å². The number of ether oxygens (including phenoxy) is 4. The Morgan fingerprint density at radius 3 is 1.79 bits per heavy atom. The van der Waals surface area contributed by atoms with Gasteiger partial charge in [0.15, 0.2) is 5.78 Å². The van der Waals surface area contributed by atoms with E-state index in [9.17, 15) is 19.6 Å². The van der Waals surface area contributed by atoms with Gasteiger partial charge in [0.1, 0.15) is 35.2 Å². The van der Waals surface area contributed by atoms with Crippen LogP contribution in [0.5, 0.6) is 17.2 Å². The number of ketones is 1. The quantitative estimate of drug-likeness (QED) is 0.0180. The monoisotopic (exact) mass is 1030 g/mol. The minimum atomic E-state index is -2.26. The number of aryl methyl sites for hydroxylation is 1. The Morgan fingerprint density at radius 2 is 1.30 bits per heavy atom. The number of hydrogen-bond acceptors (Lipinski definition) is 12. The Kier molecular flexibility index (Phi) is 19.6. The number of hydrogen-bond donors (Lipinski definition) is 0. The fourth-order valence-electron chi connectivity index (χ4n) is 10.4. The minimum absolute atomic E-state index is 0.00232. The molecule has 0 bridgehead atoms. The second-order valence-corrected chi connectivity index (χ2v) is 26.9. The lowest BCUT2D eigenvalue weighted by atomic mass is 9.80. The van der Waals surface area contributed by atoms with Gasteiger partial charge in [0.25, 0.3) is 22.4 Å². The lowest BCUT2D eigenvalue weighted by molar-refractivity contribution is -0.0927. The first-order valence-electron chi connectivity index (χ1n) is 25.4. The molecule has 1 unspecified atom stereocenters. The highest BCUT2D eigenvalue weighted by Gasteiger charge is 2.48. The van der Waals surface area contributed by atoms with Gasteiger partial charge < -0.3 is 32.4 Å². The lowest BCUT2D eigenvalue weighted by Crippen LogP contribution is -2.50. The number of rotatable bonds is 25. The summed E-state index contributed by atoms with van der Waals surface area (Å²) in [6.07, 6.45) is -0.684. The van der Waals surface area contributed by atoms with Crippen LogP contribution in [0.25, 0.3) is 0 Å². The van der Waals surface area contributed by atoms with Crippen LogP contribution >= 0.6 is 8.53 Å². The predicted octanol–water partition coefficient (Wildman–Crippen LogP) is 11.7. The molecular weight excluding hydrogens is 960 g/mol. The van der Waals surface area contributed by atoms with Crippen molar-refractivity contribution in [2.75, 3.05) is 27.4 Å². The highest BCUT2D eigenvalue weighted by molar-refractivity contribution is 7.44. The number of benzene rings is 4. The van der Waals surface area contributed by atoms with Crippen LogP contribution in [-0.2, 0) is 30.7 Å². The first-order valence-corrected chi connectivity index (χ1v) is 28.6. The lowest BCUT2D eigenvalue weighted by Gasteiger charge is -2.42. The summed E-state index contributed by atoms with van der Waals surface area (Å²) < 4.78 is 50.2. The average molecular weight is 1040 g/mol. The number of methoxy groups -OCH3 is 2. The zero-order chi connectivity index (χ0) is 53.2. The molecule has 0 spiro atoms. The number of Topliss-reactive ketones (excluding diaryl/α,β-unsaturated/α-hetero) is 1. The van der Waals surface area contributed by atoms with Crippen LogP contribution in [-0.4, -0.2) is 79.6 Å². The molecule has 4 atom stereocenters. The Morgan fingerprint density at radius 1 is 0.781 bits per heavy atom. The molecule has 1 aliphatic heterocycles. The zero-order valence-electron chi connectivity index (χ0n) is 44.9. The molecule has 16 heteroatoms. The number of carbonyl (C=O) groups excluding carboxylic acids is 1. The fourth-order valence-corrected chi connectivity index (χ4v) is 17.4. The van der Waals surface area contributed by atoms with Gasteiger partial charge in [0.2, 0.25) is 0 Å². The SMILES string of the molecule is COc1ccc(C(OC[C@H]2O[C@@H](n3cc(C)c(=O)n(CC(=O)c4ccc(O[Si](C(C)C)(C(C)C)C(C)C)cc4)c3=O)C[C@@H]2OP(OCCC#N)N(C(C)C)C(C)C)(c2ccccc2)c2ccc(OC)cc2)cc1. The maximum Gasteiger partial charge on any atom is 0.333 e. The second kappa shape index (κ2) is 25.2. The molecule has 73 heavy (non-hydrogen) atoms. The first-order chi connectivity index (χ1) is 34.8. The van der Waals surface area contributed by atoms with Gasteiger partial charge in [-0.05, 0) is 116 Å². The molecular formula is C57H75N4O10PSi. The maximum atomic E-state index is 14.7. The third kappa shape index (κ3) is 12.6. The fraction of sp³-hybridized carbons (Fsp3) is 0.474. The Hall–Kier alpha value is -5.43. The van der Waals surface area contributed by atoms with E-state index in [0.29, 0.717) is 39.4 Å². The second-order valence-electron chi connectivity index (χ2n) is 20.1. The number of carbonyl (C=O) groups is 1. The number of nitriles is 1. The van der Waals surface area contributed by atoms with Crippen molar-refractivity contribution in [2.45, 2.75) is 148 Å². The molecule has 14 nitrogen and oxygen atoms in total. The van der Waals surface area contributed by atoms with E-state index in [2.05, 4.69) is 80.0 Å². The summed E-state index contributed by atoms with van der Waals surface area (Å²) in [5, 5.41) is 9.51. The molecule has 1 aromatic heterocycles. The van der Waals surface area contributed by atoms with Crippen molar-refractivity contribution in [3.05, 3.63) is 158 Å². The normalized spacial score (nSPS) is 16.7. The highest BCUT2D eigenvalue weighted by atomic mass is 31.2. The van der Waals surface area contributed by atoms with Crippen LogP contribution in [0.3, 0.4) is 0 Å². The van der Waals surface area contributed by atoms with Crippen molar-refractivity contribution in [1.82, 2.24) is 13.8 Å². The summed E-state index contributed by atoms with van der Waals surface area (Å²) in [4.78, 5) is 42.6. The topological polar surface area (TPSA) is 153 Å². The van der Waals surface area contributed by atoms with E-state index in [1.165, 1.54) is 10.8 Å². The minimum Gasteiger partial charge on any atom is -0.543 e. The molecule has 0 saturated carbocycles. The van der Waals surface area contributed by atoms with Gasteiger partial charge in [0, 0.05) is 35.8 Å². The van der Waals surface area contributed by atoms with Gasteiger partial charge >= 0.3 is 5.69 Å². The molecule has 4 aromatic carbocycles. The van der Waals surface area contributed by atoms with Crippen molar-refractivity contribution in [2.24, 2.45) is 0 Å². The molecule has 0 radical (unpaired) electrons. The third-order valence-electron chi connectivity index (χ3n) is 13.9. The molecule has 1 saturated heterocycles. The van der Waals surface area contributed by atoms with Gasteiger partial charge in [-0.3, -0.25) is 18.7 Å². The predicted molar refractivity (Wildman–Crippen MR) is 289 cm³/mol. The summed E-state index contributed by atoms with van der Waals surface area (Å²) in [7, 11) is -0.797. The summed E-state index contributed by atoms with van der Waals surface area (Å²) >= 11 is 0. The van der Waals surface area contributed by atoms with Gasteiger partial charge in [0.05, 0.1) is 52.6 Å². The van der Waals surface area contributed by atoms with Crippen LogP contribution in [0.4, 0.5) is 0 Å². The molecule has 1 aliphatic rings. The molecule has 2 heterocycles. The standard InChI is InChI=1S/C57H75N4O10PSi/c1-38(2)61(39(3)4)72(68-33-17-32-58)70-52-34-54(59-35-43(11)55(63)60(56(59)64)36-51(62)44-20-26-50(27-21-44)71-73(40(5)6,41(7)8)42(9)10)69-53(52)37-67-57(45-18-15-14-16-19-45,46-22-28-48(65-12)29-23-46)47-24-30-49(66-13)31-25-47/h14-16,18-31,35,38-42,52-54H,17,33-34,36-37H2,1-13H3/t52-,53+,54+,72?/m0/s1. The largest absolute Gasteiger partial charge is 0.543 e. The van der Waals surface area contributed by atoms with E-state index in [-0.39, 0.29) is 43.7 Å². The molecule has 0 aliphatic carbocycles. The average Bonchev–Trinajstić information content (AvgIpc) is 3.77. The van der Waals surface area contributed by atoms with E-state index in [4.69, 9.17) is 32.4 Å². The van der Waals surface area contributed by atoms with Gasteiger partial charge in [-0.15, -0.1) is 0 Å². The maximum absolute atomic E-state index is 14.7. The third-order valence-corrected chi connectivity index (χ3v) is 22.0. The zero-order valence-corrected chi connectivity index (χ0v) is 46.8. The molecule has 0 N–H and O–H groups in total. The van der Waals surface area contributed by atoms with E-state index < -0.39 is 64.5 Å². The van der Waals surface area contributed by atoms with Gasteiger partial charge in [-0.25, -0.2) is 9.46 Å². The van der Waals surface area contributed by atoms with E-state index in [0.717, 1.165) is 21.3 Å².